The minimum atomic E-state index is -0.485. The lowest BCUT2D eigenvalue weighted by Gasteiger charge is -2.06. The molecule has 0 aliphatic carbocycles. The first-order chi connectivity index (χ1) is 11.5. The summed E-state index contributed by atoms with van der Waals surface area (Å²) in [5, 5.41) is 30.2. The number of nitriles is 1. The molecule has 120 valence electrons. The van der Waals surface area contributed by atoms with E-state index < -0.39 is 10.8 Å². The van der Waals surface area contributed by atoms with E-state index in [-0.39, 0.29) is 11.4 Å². The summed E-state index contributed by atoms with van der Waals surface area (Å²) >= 11 is 0. The Morgan fingerprint density at radius 3 is 2.21 bits per heavy atom. The highest BCUT2D eigenvalue weighted by Gasteiger charge is 2.05. The van der Waals surface area contributed by atoms with Crippen LogP contribution in [-0.2, 0) is 0 Å². The van der Waals surface area contributed by atoms with Crippen molar-refractivity contribution in [2.45, 2.75) is 0 Å². The first-order valence-corrected chi connectivity index (χ1v) is 6.60. The van der Waals surface area contributed by atoms with E-state index in [0.717, 1.165) is 0 Å². The number of hydrogen-bond acceptors (Lipinski definition) is 7. The molecule has 0 amide bonds. The molecule has 24 heavy (non-hydrogen) atoms. The highest BCUT2D eigenvalue weighted by Crippen LogP contribution is 2.24. The van der Waals surface area contributed by atoms with E-state index in [4.69, 9.17) is 21.1 Å². The van der Waals surface area contributed by atoms with Gasteiger partial charge in [-0.1, -0.05) is 0 Å². The zero-order chi connectivity index (χ0) is 17.5. The zero-order valence-electron chi connectivity index (χ0n) is 12.3. The number of amidine groups is 1. The number of nitrogens with zero attached hydrogens (tertiary/aromatic N) is 3. The van der Waals surface area contributed by atoms with Crippen LogP contribution in [0.25, 0.3) is 0 Å². The van der Waals surface area contributed by atoms with E-state index in [2.05, 4.69) is 10.5 Å². The number of rotatable bonds is 6. The van der Waals surface area contributed by atoms with Crippen molar-refractivity contribution in [3.8, 4) is 17.6 Å². The lowest BCUT2D eigenvalue weighted by Crippen LogP contribution is -2.21. The maximum atomic E-state index is 10.6. The predicted octanol–water partition coefficient (Wildman–Crippen LogP) is 2.61. The lowest BCUT2D eigenvalue weighted by molar-refractivity contribution is -0.384. The maximum absolute atomic E-state index is 10.6. The smallest absolute Gasteiger partial charge is 0.269 e. The SMILES string of the molecule is N#C/C(=N\Nc1ccc(Oc2ccc([N+](=O)[O-])cc2)cc1)C(=N)N. The van der Waals surface area contributed by atoms with Crippen molar-refractivity contribution < 1.29 is 9.66 Å². The second-order valence-corrected chi connectivity index (χ2v) is 4.48. The maximum Gasteiger partial charge on any atom is 0.269 e. The third-order valence-electron chi connectivity index (χ3n) is 2.80. The highest BCUT2D eigenvalue weighted by atomic mass is 16.6. The van der Waals surface area contributed by atoms with Crippen LogP contribution < -0.4 is 15.9 Å². The second-order valence-electron chi connectivity index (χ2n) is 4.48. The average Bonchev–Trinajstić information content (AvgIpc) is 2.57. The zero-order valence-corrected chi connectivity index (χ0v) is 12.3. The molecule has 0 spiro atoms. The Balaban J connectivity index is 2.03. The van der Waals surface area contributed by atoms with Gasteiger partial charge in [0, 0.05) is 12.1 Å². The summed E-state index contributed by atoms with van der Waals surface area (Å²) in [7, 11) is 0. The van der Waals surface area contributed by atoms with Gasteiger partial charge in [-0.05, 0) is 36.4 Å². The molecule has 0 aromatic heterocycles. The van der Waals surface area contributed by atoms with Crippen LogP contribution in [0.4, 0.5) is 11.4 Å². The molecule has 0 aliphatic rings. The topological polar surface area (TPSA) is 150 Å². The summed E-state index contributed by atoms with van der Waals surface area (Å²) in [6.45, 7) is 0. The molecule has 0 aliphatic heterocycles. The van der Waals surface area contributed by atoms with Gasteiger partial charge >= 0.3 is 0 Å². The van der Waals surface area contributed by atoms with Crippen LogP contribution >= 0.6 is 0 Å². The Morgan fingerprint density at radius 2 is 1.75 bits per heavy atom. The number of nitrogens with two attached hydrogens (primary N) is 1. The third kappa shape index (κ3) is 4.28. The fourth-order valence-corrected chi connectivity index (χ4v) is 1.64. The van der Waals surface area contributed by atoms with Gasteiger partial charge < -0.3 is 10.5 Å². The van der Waals surface area contributed by atoms with Crippen LogP contribution in [0.5, 0.6) is 11.5 Å². The number of anilines is 1. The van der Waals surface area contributed by atoms with Crippen molar-refractivity contribution >= 4 is 22.9 Å². The molecule has 2 rings (SSSR count). The van der Waals surface area contributed by atoms with Crippen molar-refractivity contribution in [3.63, 3.8) is 0 Å². The number of nitro benzene ring substituents is 1. The summed E-state index contributed by atoms with van der Waals surface area (Å²) in [5.41, 5.74) is 8.11. The van der Waals surface area contributed by atoms with Crippen LogP contribution in [-0.4, -0.2) is 16.5 Å². The fourth-order valence-electron chi connectivity index (χ4n) is 1.64. The predicted molar refractivity (Wildman–Crippen MR) is 88.2 cm³/mol. The van der Waals surface area contributed by atoms with Gasteiger partial charge in [-0.15, -0.1) is 0 Å². The Kier molecular flexibility index (Phi) is 5.05. The van der Waals surface area contributed by atoms with Gasteiger partial charge in [0.15, 0.2) is 5.84 Å². The van der Waals surface area contributed by atoms with Crippen LogP contribution in [0.1, 0.15) is 0 Å². The molecule has 0 unspecified atom stereocenters. The minimum absolute atomic E-state index is 0.0153. The number of hydrazone groups is 1. The van der Waals surface area contributed by atoms with Crippen molar-refractivity contribution in [1.82, 2.24) is 0 Å². The van der Waals surface area contributed by atoms with Gasteiger partial charge in [-0.3, -0.25) is 20.9 Å². The molecule has 0 saturated carbocycles. The largest absolute Gasteiger partial charge is 0.457 e. The van der Waals surface area contributed by atoms with Gasteiger partial charge in [0.2, 0.25) is 5.71 Å². The molecule has 9 heteroatoms. The summed E-state index contributed by atoms with van der Waals surface area (Å²) in [5.74, 6) is 0.552. The van der Waals surface area contributed by atoms with Gasteiger partial charge in [0.1, 0.15) is 17.6 Å². The Labute approximate surface area is 136 Å². The summed E-state index contributed by atoms with van der Waals surface area (Å²) in [6, 6.07) is 14.0. The van der Waals surface area contributed by atoms with Gasteiger partial charge in [0.05, 0.1) is 10.6 Å². The molecule has 0 radical (unpaired) electrons. The molecule has 9 nitrogen and oxygen atoms in total. The molecule has 0 saturated heterocycles. The monoisotopic (exact) mass is 324 g/mol. The summed E-state index contributed by atoms with van der Waals surface area (Å²) in [4.78, 5) is 10.1. The number of benzene rings is 2. The fraction of sp³-hybridized carbons (Fsp3) is 0. The standard InChI is InChI=1S/C15H12N6O3/c16-9-14(15(17)18)20-19-10-1-5-12(6-2-10)24-13-7-3-11(4-8-13)21(22)23/h1-8,19H,(H3,17,18)/b20-14+. The Morgan fingerprint density at radius 1 is 1.21 bits per heavy atom. The second kappa shape index (κ2) is 7.37. The lowest BCUT2D eigenvalue weighted by atomic mass is 10.3. The first kappa shape index (κ1) is 16.4. The van der Waals surface area contributed by atoms with Crippen LogP contribution in [0, 0.1) is 26.9 Å². The normalized spacial score (nSPS) is 10.5. The average molecular weight is 324 g/mol. The molecule has 0 atom stereocenters. The number of nitrogens with one attached hydrogen (secondary N) is 2. The van der Waals surface area contributed by atoms with Gasteiger partial charge in [-0.2, -0.15) is 10.4 Å². The van der Waals surface area contributed by atoms with Crippen molar-refractivity contribution in [2.24, 2.45) is 10.8 Å². The molecule has 0 heterocycles. The van der Waals surface area contributed by atoms with Crippen molar-refractivity contribution in [3.05, 3.63) is 58.6 Å². The molecule has 0 fully saturated rings. The quantitative estimate of drug-likeness (QED) is 0.321. The van der Waals surface area contributed by atoms with E-state index in [0.29, 0.717) is 17.2 Å². The molecule has 2 aromatic carbocycles. The van der Waals surface area contributed by atoms with Gasteiger partial charge in [0.25, 0.3) is 5.69 Å². The summed E-state index contributed by atoms with van der Waals surface area (Å²) < 4.78 is 5.56. The van der Waals surface area contributed by atoms with Crippen molar-refractivity contribution in [2.75, 3.05) is 5.43 Å². The van der Waals surface area contributed by atoms with E-state index >= 15 is 0 Å². The highest BCUT2D eigenvalue weighted by molar-refractivity contribution is 6.45. The van der Waals surface area contributed by atoms with E-state index in [1.807, 2.05) is 0 Å². The van der Waals surface area contributed by atoms with Crippen LogP contribution in [0.15, 0.2) is 53.6 Å². The third-order valence-corrected chi connectivity index (χ3v) is 2.80. The molecule has 4 N–H and O–H groups in total. The Hall–Kier alpha value is -3.93. The molecule has 2 aromatic rings. The van der Waals surface area contributed by atoms with Crippen LogP contribution in [0.2, 0.25) is 0 Å². The first-order valence-electron chi connectivity index (χ1n) is 6.60. The van der Waals surface area contributed by atoms with Crippen LogP contribution in [0.3, 0.4) is 0 Å². The number of non-ortho nitro benzene ring substituents is 1. The van der Waals surface area contributed by atoms with E-state index in [1.54, 1.807) is 30.3 Å². The van der Waals surface area contributed by atoms with E-state index in [9.17, 15) is 10.1 Å². The number of nitro groups is 1. The number of ether oxygens (including phenoxy) is 1. The van der Waals surface area contributed by atoms with Crippen molar-refractivity contribution in [1.29, 1.82) is 10.7 Å². The minimum Gasteiger partial charge on any atom is -0.457 e. The molecular formula is C15H12N6O3. The number of hydrogen-bond donors (Lipinski definition) is 3. The molecular weight excluding hydrogens is 312 g/mol. The van der Waals surface area contributed by atoms with Gasteiger partial charge in [-0.25, -0.2) is 0 Å². The van der Waals surface area contributed by atoms with E-state index in [1.165, 1.54) is 24.3 Å². The molecule has 0 bridgehead atoms. The summed E-state index contributed by atoms with van der Waals surface area (Å²) in [6.07, 6.45) is 0. The Bertz CT molecular complexity index is 822.